The lowest BCUT2D eigenvalue weighted by atomic mass is 10.0. The van der Waals surface area contributed by atoms with Gasteiger partial charge in [-0.15, -0.1) is 5.10 Å². The Balaban J connectivity index is 0.836. The van der Waals surface area contributed by atoms with E-state index in [0.29, 0.717) is 12.8 Å². The monoisotopic (exact) mass is 712 g/mol. The summed E-state index contributed by atoms with van der Waals surface area (Å²) in [4.78, 5) is 41.0. The number of piperazine rings is 1. The van der Waals surface area contributed by atoms with Crippen LogP contribution in [0, 0.1) is 5.82 Å². The minimum Gasteiger partial charge on any atom is -0.383 e. The van der Waals surface area contributed by atoms with Crippen LogP contribution in [0.3, 0.4) is 0 Å². The molecule has 12 nitrogen and oxygen atoms in total. The number of rotatable bonds is 9. The molecule has 0 aliphatic carbocycles. The van der Waals surface area contributed by atoms with E-state index in [2.05, 4.69) is 42.5 Å². The molecular formula is C40H41FN10O2. The average Bonchev–Trinajstić information content (AvgIpc) is 3.94. The first-order chi connectivity index (χ1) is 26.0. The van der Waals surface area contributed by atoms with E-state index in [9.17, 15) is 14.0 Å². The number of hydrogen-bond donors (Lipinski definition) is 2. The van der Waals surface area contributed by atoms with Gasteiger partial charge in [-0.3, -0.25) is 19.8 Å². The maximum absolute atomic E-state index is 14.1. The third kappa shape index (κ3) is 6.45. The van der Waals surface area contributed by atoms with Crippen molar-refractivity contribution in [3.63, 3.8) is 0 Å². The Morgan fingerprint density at radius 3 is 2.60 bits per heavy atom. The molecule has 53 heavy (non-hydrogen) atoms. The van der Waals surface area contributed by atoms with Crippen molar-refractivity contribution in [3.8, 4) is 11.4 Å². The van der Waals surface area contributed by atoms with Crippen LogP contribution in [0.4, 0.5) is 21.7 Å². The van der Waals surface area contributed by atoms with Crippen molar-refractivity contribution in [1.82, 2.24) is 34.4 Å². The average molecular weight is 713 g/mol. The van der Waals surface area contributed by atoms with Gasteiger partial charge in [0.2, 0.25) is 11.8 Å². The third-order valence-electron chi connectivity index (χ3n) is 10.9. The molecule has 7 heterocycles. The molecular weight excluding hydrogens is 672 g/mol. The second-order valence-electron chi connectivity index (χ2n) is 14.1. The van der Waals surface area contributed by atoms with Crippen molar-refractivity contribution in [1.29, 1.82) is 0 Å². The van der Waals surface area contributed by atoms with E-state index in [1.165, 1.54) is 6.07 Å². The van der Waals surface area contributed by atoms with Crippen LogP contribution in [0.15, 0.2) is 91.3 Å². The zero-order valence-corrected chi connectivity index (χ0v) is 29.4. The number of carbonyl (C=O) groups excluding carboxylic acids is 2. The lowest BCUT2D eigenvalue weighted by Gasteiger charge is -2.35. The highest BCUT2D eigenvalue weighted by molar-refractivity contribution is 6.01. The Hall–Kier alpha value is -5.82. The highest BCUT2D eigenvalue weighted by Gasteiger charge is 2.30. The number of hydrogen-bond acceptors (Lipinski definition) is 9. The SMILES string of the molecule is O=C1CCC(n2ccc3c(NCCN4CCN(c5cccc(-c6cnc7ccc(N8CCC[C@@H]8c8cccc(F)c8)nn67)n5)CC4)cccc32)C(=O)N1. The van der Waals surface area contributed by atoms with Gasteiger partial charge in [0.15, 0.2) is 5.65 Å². The lowest BCUT2D eigenvalue weighted by Crippen LogP contribution is -2.47. The van der Waals surface area contributed by atoms with Crippen molar-refractivity contribution in [3.05, 3.63) is 103 Å². The maximum Gasteiger partial charge on any atom is 0.249 e. The number of nitrogens with zero attached hydrogens (tertiary/aromatic N) is 8. The molecule has 270 valence electrons. The zero-order chi connectivity index (χ0) is 35.9. The first kappa shape index (κ1) is 33.0. The van der Waals surface area contributed by atoms with Crippen LogP contribution < -0.4 is 20.4 Å². The fourth-order valence-electron chi connectivity index (χ4n) is 8.15. The van der Waals surface area contributed by atoms with Gasteiger partial charge in [-0.1, -0.05) is 24.3 Å². The molecule has 1 unspecified atom stereocenters. The second-order valence-corrected chi connectivity index (χ2v) is 14.1. The van der Waals surface area contributed by atoms with E-state index in [4.69, 9.17) is 10.1 Å². The lowest BCUT2D eigenvalue weighted by molar-refractivity contribution is -0.135. The summed E-state index contributed by atoms with van der Waals surface area (Å²) >= 11 is 0. The number of imide groups is 1. The van der Waals surface area contributed by atoms with Gasteiger partial charge in [0, 0.05) is 69.5 Å². The molecule has 3 saturated heterocycles. The predicted molar refractivity (Wildman–Crippen MR) is 202 cm³/mol. The number of amides is 2. The van der Waals surface area contributed by atoms with E-state index in [0.717, 1.165) is 109 Å². The molecule has 0 radical (unpaired) electrons. The number of piperidine rings is 1. The van der Waals surface area contributed by atoms with Gasteiger partial charge in [0.25, 0.3) is 0 Å². The van der Waals surface area contributed by atoms with E-state index in [-0.39, 0.29) is 29.7 Å². The molecule has 2 atom stereocenters. The smallest absolute Gasteiger partial charge is 0.249 e. The quantitative estimate of drug-likeness (QED) is 0.189. The van der Waals surface area contributed by atoms with Gasteiger partial charge in [-0.05, 0) is 79.4 Å². The molecule has 4 aromatic heterocycles. The number of aromatic nitrogens is 5. The molecule has 0 bridgehead atoms. The molecule has 3 aliphatic rings. The summed E-state index contributed by atoms with van der Waals surface area (Å²) in [6.07, 6.45) is 6.61. The topological polar surface area (TPSA) is 116 Å². The van der Waals surface area contributed by atoms with Crippen LogP contribution in [0.2, 0.25) is 0 Å². The molecule has 3 aliphatic heterocycles. The number of imidazole rings is 1. The second kappa shape index (κ2) is 14.0. The normalized spacial score (nSPS) is 19.7. The van der Waals surface area contributed by atoms with Crippen LogP contribution in [-0.2, 0) is 9.59 Å². The highest BCUT2D eigenvalue weighted by Crippen LogP contribution is 2.36. The number of fused-ring (bicyclic) bond motifs is 2. The van der Waals surface area contributed by atoms with Gasteiger partial charge in [-0.2, -0.15) is 0 Å². The summed E-state index contributed by atoms with van der Waals surface area (Å²) in [5.74, 6) is 1.11. The van der Waals surface area contributed by atoms with Crippen LogP contribution in [0.5, 0.6) is 0 Å². The number of benzene rings is 2. The van der Waals surface area contributed by atoms with E-state index in [1.54, 1.807) is 12.1 Å². The van der Waals surface area contributed by atoms with Crippen molar-refractivity contribution in [2.24, 2.45) is 0 Å². The summed E-state index contributed by atoms with van der Waals surface area (Å²) in [5, 5.41) is 12.2. The molecule has 3 fully saturated rings. The summed E-state index contributed by atoms with van der Waals surface area (Å²) in [5.41, 5.74) is 5.39. The number of pyridine rings is 1. The van der Waals surface area contributed by atoms with Crippen LogP contribution in [-0.4, -0.2) is 86.7 Å². The van der Waals surface area contributed by atoms with E-state index < -0.39 is 0 Å². The predicted octanol–water partition coefficient (Wildman–Crippen LogP) is 5.44. The van der Waals surface area contributed by atoms with Crippen molar-refractivity contribution >= 4 is 45.7 Å². The van der Waals surface area contributed by atoms with Crippen LogP contribution >= 0.6 is 0 Å². The molecule has 0 spiro atoms. The van der Waals surface area contributed by atoms with E-state index >= 15 is 0 Å². The minimum absolute atomic E-state index is 0.0764. The largest absolute Gasteiger partial charge is 0.383 e. The summed E-state index contributed by atoms with van der Waals surface area (Å²) in [6.45, 7) is 6.13. The Morgan fingerprint density at radius 1 is 0.868 bits per heavy atom. The number of nitrogens with one attached hydrogen (secondary N) is 2. The van der Waals surface area contributed by atoms with Gasteiger partial charge < -0.3 is 19.7 Å². The Bertz CT molecular complexity index is 2310. The van der Waals surface area contributed by atoms with Crippen LogP contribution in [0.1, 0.15) is 43.3 Å². The van der Waals surface area contributed by atoms with Crippen LogP contribution in [0.25, 0.3) is 27.9 Å². The first-order valence-electron chi connectivity index (χ1n) is 18.5. The van der Waals surface area contributed by atoms with Crippen molar-refractivity contribution < 1.29 is 14.0 Å². The first-order valence-corrected chi connectivity index (χ1v) is 18.5. The molecule has 6 aromatic rings. The van der Waals surface area contributed by atoms with Gasteiger partial charge in [-0.25, -0.2) is 18.9 Å². The Kier molecular flexibility index (Phi) is 8.70. The minimum atomic E-state index is -0.377. The summed E-state index contributed by atoms with van der Waals surface area (Å²) in [7, 11) is 0. The number of carbonyl (C=O) groups is 2. The molecule has 0 saturated carbocycles. The van der Waals surface area contributed by atoms with Gasteiger partial charge in [0.05, 0.1) is 23.4 Å². The Morgan fingerprint density at radius 2 is 1.74 bits per heavy atom. The molecule has 13 heteroatoms. The zero-order valence-electron chi connectivity index (χ0n) is 29.4. The number of halogens is 1. The number of anilines is 3. The summed E-state index contributed by atoms with van der Waals surface area (Å²) < 4.78 is 17.9. The molecule has 2 aromatic carbocycles. The molecule has 2 N–H and O–H groups in total. The maximum atomic E-state index is 14.1. The Labute approximate surface area is 306 Å². The fraction of sp³-hybridized carbons (Fsp3) is 0.325. The van der Waals surface area contributed by atoms with Crippen molar-refractivity contribution in [2.45, 2.75) is 37.8 Å². The molecule has 2 amide bonds. The van der Waals surface area contributed by atoms with E-state index in [1.807, 2.05) is 70.0 Å². The standard InChI is InChI=1S/C40H41FN10O2/c41-28-6-1-5-27(25-28)32-10-4-18-50(32)38-14-13-36-43-26-35(51(36)46-38)31-8-3-11-37(44-31)48-23-21-47(22-24-48)20-17-42-30-7-2-9-33-29(30)16-19-49(33)34-12-15-39(52)45-40(34)53/h1-3,5-9,11,13-14,16,19,25-26,32,34,42H,4,10,12,15,17-18,20-24H2,(H,45,52,53)/t32-,34?/m1/s1. The molecule has 9 rings (SSSR count). The summed E-state index contributed by atoms with van der Waals surface area (Å²) in [6, 6.07) is 24.8. The van der Waals surface area contributed by atoms with Gasteiger partial charge >= 0.3 is 0 Å². The third-order valence-corrected chi connectivity index (χ3v) is 10.9. The van der Waals surface area contributed by atoms with Gasteiger partial charge in [0.1, 0.15) is 29.2 Å². The highest BCUT2D eigenvalue weighted by atomic mass is 19.1. The van der Waals surface area contributed by atoms with Crippen molar-refractivity contribution in [2.75, 3.05) is 60.9 Å². The fourth-order valence-corrected chi connectivity index (χ4v) is 8.15.